The van der Waals surface area contributed by atoms with Gasteiger partial charge in [0, 0.05) is 0 Å². The maximum absolute atomic E-state index is 13.5. The van der Waals surface area contributed by atoms with Crippen molar-refractivity contribution >= 4 is 52.5 Å². The monoisotopic (exact) mass is 405 g/mol. The van der Waals surface area contributed by atoms with E-state index in [4.69, 9.17) is 28.6 Å². The van der Waals surface area contributed by atoms with Crippen molar-refractivity contribution in [2.75, 3.05) is 11.9 Å². The molecule has 1 fully saturated rings. The number of halogens is 2. The fourth-order valence-electron chi connectivity index (χ4n) is 2.27. The molecule has 0 aliphatic carbocycles. The molecule has 0 bridgehead atoms. The Balaban J connectivity index is 1.62. The van der Waals surface area contributed by atoms with Crippen molar-refractivity contribution in [3.05, 3.63) is 64.6 Å². The number of rotatable bonds is 5. The summed E-state index contributed by atoms with van der Waals surface area (Å²) in [6, 6.07) is 10.6. The Labute approximate surface area is 164 Å². The van der Waals surface area contributed by atoms with Crippen LogP contribution in [-0.2, 0) is 9.59 Å². The Bertz CT molecular complexity index is 965. The number of hydrogen-bond donors (Lipinski definition) is 3. The van der Waals surface area contributed by atoms with Gasteiger partial charge in [-0.25, -0.2) is 4.39 Å². The van der Waals surface area contributed by atoms with E-state index >= 15 is 0 Å². The first kappa shape index (κ1) is 18.8. The molecule has 1 heterocycles. The molecule has 2 aromatic carbocycles. The average Bonchev–Trinajstić information content (AvgIpc) is 2.93. The standard InChI is InChI=1S/C18H13ClFN3O3S/c19-11-7-10(8-14-17(25)23-18(27)22-14)5-6-15(11)26-9-16(24)21-13-4-2-1-3-12(13)20/h1-8H,9H2,(H,21,24)(H2,22,23,25,27). The molecule has 9 heteroatoms. The van der Waals surface area contributed by atoms with Crippen LogP contribution in [0.3, 0.4) is 0 Å². The molecule has 0 saturated carbocycles. The summed E-state index contributed by atoms with van der Waals surface area (Å²) in [4.78, 5) is 23.5. The largest absolute Gasteiger partial charge is 0.482 e. The highest BCUT2D eigenvalue weighted by Gasteiger charge is 2.20. The molecule has 138 valence electrons. The highest BCUT2D eigenvalue weighted by atomic mass is 35.5. The lowest BCUT2D eigenvalue weighted by Crippen LogP contribution is -2.21. The number of carbonyl (C=O) groups excluding carboxylic acids is 2. The molecule has 3 rings (SSSR count). The van der Waals surface area contributed by atoms with Crippen LogP contribution in [0.5, 0.6) is 5.75 Å². The number of thiocarbonyl (C=S) groups is 1. The Kier molecular flexibility index (Phi) is 5.68. The Morgan fingerprint density at radius 1 is 1.26 bits per heavy atom. The summed E-state index contributed by atoms with van der Waals surface area (Å²) in [5, 5.41) is 8.08. The molecular weight excluding hydrogens is 393 g/mol. The fraction of sp³-hybridized carbons (Fsp3) is 0.0556. The van der Waals surface area contributed by atoms with Crippen LogP contribution in [-0.4, -0.2) is 23.5 Å². The van der Waals surface area contributed by atoms with E-state index in [0.717, 1.165) is 0 Å². The molecule has 0 atom stereocenters. The van der Waals surface area contributed by atoms with Gasteiger partial charge in [-0.2, -0.15) is 0 Å². The summed E-state index contributed by atoms with van der Waals surface area (Å²) in [6.07, 6.45) is 1.58. The highest BCUT2D eigenvalue weighted by Crippen LogP contribution is 2.26. The lowest BCUT2D eigenvalue weighted by molar-refractivity contribution is -0.118. The van der Waals surface area contributed by atoms with Gasteiger partial charge in [0.05, 0.1) is 10.7 Å². The summed E-state index contributed by atoms with van der Waals surface area (Å²) in [5.74, 6) is -1.11. The van der Waals surface area contributed by atoms with Gasteiger partial charge in [0.25, 0.3) is 11.8 Å². The third kappa shape index (κ3) is 4.81. The van der Waals surface area contributed by atoms with Gasteiger partial charge in [-0.1, -0.05) is 29.8 Å². The van der Waals surface area contributed by atoms with Crippen LogP contribution in [0, 0.1) is 5.82 Å². The molecule has 0 aromatic heterocycles. The molecule has 0 spiro atoms. The zero-order chi connectivity index (χ0) is 19.4. The number of carbonyl (C=O) groups is 2. The third-order valence-electron chi connectivity index (χ3n) is 3.49. The maximum Gasteiger partial charge on any atom is 0.273 e. The van der Waals surface area contributed by atoms with Gasteiger partial charge in [-0.15, -0.1) is 0 Å². The summed E-state index contributed by atoms with van der Waals surface area (Å²) < 4.78 is 18.9. The number of hydrogen-bond acceptors (Lipinski definition) is 4. The molecule has 2 amide bonds. The van der Waals surface area contributed by atoms with Crippen LogP contribution in [0.4, 0.5) is 10.1 Å². The van der Waals surface area contributed by atoms with Gasteiger partial charge in [-0.05, 0) is 48.1 Å². The molecule has 6 nitrogen and oxygen atoms in total. The number of nitrogens with one attached hydrogen (secondary N) is 3. The average molecular weight is 406 g/mol. The van der Waals surface area contributed by atoms with Crippen LogP contribution in [0.1, 0.15) is 5.56 Å². The molecule has 1 saturated heterocycles. The zero-order valence-corrected chi connectivity index (χ0v) is 15.3. The lowest BCUT2D eigenvalue weighted by Gasteiger charge is -2.10. The van der Waals surface area contributed by atoms with Crippen LogP contribution in [0.25, 0.3) is 6.08 Å². The lowest BCUT2D eigenvalue weighted by atomic mass is 10.2. The zero-order valence-electron chi connectivity index (χ0n) is 13.7. The smallest absolute Gasteiger partial charge is 0.273 e. The quantitative estimate of drug-likeness (QED) is 0.526. The topological polar surface area (TPSA) is 79.5 Å². The number of benzene rings is 2. The second-order valence-corrected chi connectivity index (χ2v) is 6.29. The van der Waals surface area contributed by atoms with Crippen molar-refractivity contribution in [3.63, 3.8) is 0 Å². The molecular formula is C18H13ClFN3O3S. The van der Waals surface area contributed by atoms with Crippen LogP contribution in [0.15, 0.2) is 48.2 Å². The molecule has 0 unspecified atom stereocenters. The van der Waals surface area contributed by atoms with E-state index in [1.54, 1.807) is 30.3 Å². The van der Waals surface area contributed by atoms with Gasteiger partial charge in [0.15, 0.2) is 11.7 Å². The number of ether oxygens (including phenoxy) is 1. The van der Waals surface area contributed by atoms with Gasteiger partial charge in [-0.3, -0.25) is 14.9 Å². The third-order valence-corrected chi connectivity index (χ3v) is 3.99. The predicted molar refractivity (Wildman–Crippen MR) is 104 cm³/mol. The minimum absolute atomic E-state index is 0.0689. The van der Waals surface area contributed by atoms with Gasteiger partial charge in [0.2, 0.25) is 0 Å². The van der Waals surface area contributed by atoms with Gasteiger partial charge < -0.3 is 15.4 Å². The summed E-state index contributed by atoms with van der Waals surface area (Å²) in [7, 11) is 0. The van der Waals surface area contributed by atoms with Crippen LogP contribution < -0.4 is 20.7 Å². The van der Waals surface area contributed by atoms with Crippen LogP contribution >= 0.6 is 23.8 Å². The number of amides is 2. The van der Waals surface area contributed by atoms with Crippen molar-refractivity contribution in [1.82, 2.24) is 10.6 Å². The number of anilines is 1. The molecule has 2 aromatic rings. The highest BCUT2D eigenvalue weighted by molar-refractivity contribution is 7.80. The molecule has 3 N–H and O–H groups in total. The minimum atomic E-state index is -0.537. The van der Waals surface area contributed by atoms with E-state index in [1.807, 2.05) is 0 Å². The predicted octanol–water partition coefficient (Wildman–Crippen LogP) is 2.84. The Hall–Kier alpha value is -2.97. The first-order valence-electron chi connectivity index (χ1n) is 7.73. The first-order valence-corrected chi connectivity index (χ1v) is 8.52. The summed E-state index contributed by atoms with van der Waals surface area (Å²) in [6.45, 7) is -0.341. The number of para-hydroxylation sites is 1. The molecule has 1 aliphatic heterocycles. The van der Waals surface area contributed by atoms with Crippen molar-refractivity contribution in [3.8, 4) is 5.75 Å². The first-order chi connectivity index (χ1) is 12.9. The molecule has 0 radical (unpaired) electrons. The molecule has 27 heavy (non-hydrogen) atoms. The van der Waals surface area contributed by atoms with Crippen molar-refractivity contribution in [2.45, 2.75) is 0 Å². The maximum atomic E-state index is 13.5. The Morgan fingerprint density at radius 2 is 2.04 bits per heavy atom. The second-order valence-electron chi connectivity index (χ2n) is 5.47. The summed E-state index contributed by atoms with van der Waals surface area (Å²) in [5.41, 5.74) is 1.01. The minimum Gasteiger partial charge on any atom is -0.482 e. The summed E-state index contributed by atoms with van der Waals surface area (Å²) >= 11 is 11.0. The van der Waals surface area contributed by atoms with E-state index in [1.165, 1.54) is 18.2 Å². The van der Waals surface area contributed by atoms with E-state index < -0.39 is 11.7 Å². The Morgan fingerprint density at radius 3 is 2.70 bits per heavy atom. The van der Waals surface area contributed by atoms with Gasteiger partial charge >= 0.3 is 0 Å². The second kappa shape index (κ2) is 8.15. The SMILES string of the molecule is O=C(COc1ccc(C=C2NC(=S)NC2=O)cc1Cl)Nc1ccccc1F. The van der Waals surface area contributed by atoms with Crippen molar-refractivity contribution in [1.29, 1.82) is 0 Å². The normalized spacial score (nSPS) is 14.7. The fourth-order valence-corrected chi connectivity index (χ4v) is 2.71. The van der Waals surface area contributed by atoms with Crippen molar-refractivity contribution < 1.29 is 18.7 Å². The van der Waals surface area contributed by atoms with Crippen molar-refractivity contribution in [2.24, 2.45) is 0 Å². The van der Waals surface area contributed by atoms with E-state index in [-0.39, 0.29) is 34.1 Å². The van der Waals surface area contributed by atoms with E-state index in [0.29, 0.717) is 11.3 Å². The molecule has 1 aliphatic rings. The van der Waals surface area contributed by atoms with Gasteiger partial charge in [0.1, 0.15) is 17.3 Å². The van der Waals surface area contributed by atoms with E-state index in [9.17, 15) is 14.0 Å². The van der Waals surface area contributed by atoms with E-state index in [2.05, 4.69) is 16.0 Å². The van der Waals surface area contributed by atoms with Crippen LogP contribution in [0.2, 0.25) is 5.02 Å².